The second-order valence-corrected chi connectivity index (χ2v) is 10.5. The zero-order valence-electron chi connectivity index (χ0n) is 22.2. The number of hydrogen-bond donors (Lipinski definition) is 2. The van der Waals surface area contributed by atoms with Gasteiger partial charge in [0.05, 0.1) is 0 Å². The molecule has 0 unspecified atom stereocenters. The van der Waals surface area contributed by atoms with Crippen LogP contribution in [-0.4, -0.2) is 47.3 Å². The van der Waals surface area contributed by atoms with Crippen LogP contribution in [0.15, 0.2) is 77.3 Å². The smallest absolute Gasteiger partial charge is 0.326 e. The number of carbonyl (C=O) groups is 2. The van der Waals surface area contributed by atoms with E-state index in [2.05, 4.69) is 36.2 Å². The molecule has 0 radical (unpaired) electrons. The fraction of sp³-hybridized carbons (Fsp3) is 0.267. The molecule has 0 saturated heterocycles. The van der Waals surface area contributed by atoms with Crippen LogP contribution < -0.4 is 10.2 Å². The van der Waals surface area contributed by atoms with E-state index in [0.29, 0.717) is 17.3 Å². The van der Waals surface area contributed by atoms with E-state index in [1.165, 1.54) is 0 Å². The molecule has 2 N–H and O–H groups in total. The zero-order chi connectivity index (χ0) is 27.4. The third-order valence-corrected chi connectivity index (χ3v) is 6.33. The molecule has 38 heavy (non-hydrogen) atoms. The number of nitrogens with zero attached hydrogens (tertiary/aromatic N) is 3. The summed E-state index contributed by atoms with van der Waals surface area (Å²) in [5, 5.41) is 16.4. The van der Waals surface area contributed by atoms with Gasteiger partial charge in [-0.2, -0.15) is 4.98 Å². The molecule has 0 spiro atoms. The third-order valence-electron chi connectivity index (χ3n) is 6.33. The van der Waals surface area contributed by atoms with Crippen molar-refractivity contribution in [1.29, 1.82) is 0 Å². The predicted octanol–water partition coefficient (Wildman–Crippen LogP) is 5.19. The lowest BCUT2D eigenvalue weighted by Crippen LogP contribution is -2.42. The number of nitrogens with one attached hydrogen (secondary N) is 1. The predicted molar refractivity (Wildman–Crippen MR) is 147 cm³/mol. The number of benzene rings is 3. The quantitative estimate of drug-likeness (QED) is 0.334. The molecular weight excluding hydrogens is 480 g/mol. The minimum absolute atomic E-state index is 0.0363. The van der Waals surface area contributed by atoms with Crippen molar-refractivity contribution in [2.24, 2.45) is 0 Å². The summed E-state index contributed by atoms with van der Waals surface area (Å²) in [6.07, 6.45) is 0.136. The van der Waals surface area contributed by atoms with Crippen molar-refractivity contribution in [3.8, 4) is 22.8 Å². The van der Waals surface area contributed by atoms with E-state index in [1.807, 2.05) is 67.5 Å². The summed E-state index contributed by atoms with van der Waals surface area (Å²) in [4.78, 5) is 31.1. The lowest BCUT2D eigenvalue weighted by molar-refractivity contribution is -0.139. The summed E-state index contributed by atoms with van der Waals surface area (Å²) in [5.74, 6) is -0.673. The average molecular weight is 513 g/mol. The highest BCUT2D eigenvalue weighted by Crippen LogP contribution is 2.25. The number of carbonyl (C=O) groups excluding carboxylic acids is 1. The largest absolute Gasteiger partial charge is 0.480 e. The molecule has 8 heteroatoms. The van der Waals surface area contributed by atoms with Gasteiger partial charge in [-0.3, -0.25) is 4.79 Å². The van der Waals surface area contributed by atoms with Gasteiger partial charge in [0, 0.05) is 42.9 Å². The third kappa shape index (κ3) is 6.26. The van der Waals surface area contributed by atoms with Crippen LogP contribution in [0.25, 0.3) is 22.8 Å². The minimum Gasteiger partial charge on any atom is -0.480 e. The topological polar surface area (TPSA) is 109 Å². The van der Waals surface area contributed by atoms with E-state index in [0.717, 1.165) is 27.9 Å². The number of carboxylic acids is 1. The van der Waals surface area contributed by atoms with Gasteiger partial charge in [0.1, 0.15) is 6.04 Å². The molecule has 196 valence electrons. The van der Waals surface area contributed by atoms with Crippen LogP contribution in [-0.2, 0) is 16.6 Å². The number of hydrogen-bond acceptors (Lipinski definition) is 6. The van der Waals surface area contributed by atoms with Gasteiger partial charge in [0.25, 0.3) is 11.8 Å². The summed E-state index contributed by atoms with van der Waals surface area (Å²) in [7, 11) is 3.95. The van der Waals surface area contributed by atoms with Gasteiger partial charge >= 0.3 is 5.97 Å². The molecule has 0 aliphatic heterocycles. The lowest BCUT2D eigenvalue weighted by Gasteiger charge is -2.19. The maximum Gasteiger partial charge on any atom is 0.326 e. The fourth-order valence-corrected chi connectivity index (χ4v) is 3.95. The molecule has 8 nitrogen and oxygen atoms in total. The van der Waals surface area contributed by atoms with Crippen LogP contribution in [0.2, 0.25) is 0 Å². The summed E-state index contributed by atoms with van der Waals surface area (Å²) in [5.41, 5.74) is 4.86. The Morgan fingerprint density at radius 1 is 0.921 bits per heavy atom. The second-order valence-electron chi connectivity index (χ2n) is 10.5. The van der Waals surface area contributed by atoms with Crippen molar-refractivity contribution >= 4 is 17.6 Å². The van der Waals surface area contributed by atoms with Crippen LogP contribution in [0.4, 0.5) is 5.69 Å². The van der Waals surface area contributed by atoms with Crippen molar-refractivity contribution in [2.45, 2.75) is 38.6 Å². The SMILES string of the molecule is CN(C)c1ccc(-c2nc(-c3ccc(C[C@H](NC(=O)c4ccc(C(C)(C)C)cc4)C(=O)O)cc3)no2)cc1. The van der Waals surface area contributed by atoms with E-state index in [-0.39, 0.29) is 11.8 Å². The minimum atomic E-state index is -1.10. The van der Waals surface area contributed by atoms with E-state index < -0.39 is 17.9 Å². The first-order valence-corrected chi connectivity index (χ1v) is 12.4. The van der Waals surface area contributed by atoms with Crippen LogP contribution in [0.3, 0.4) is 0 Å². The summed E-state index contributed by atoms with van der Waals surface area (Å²) < 4.78 is 5.44. The van der Waals surface area contributed by atoms with Gasteiger partial charge in [-0.25, -0.2) is 4.79 Å². The van der Waals surface area contributed by atoms with Crippen molar-refractivity contribution in [3.63, 3.8) is 0 Å². The first kappa shape index (κ1) is 26.6. The number of amides is 1. The van der Waals surface area contributed by atoms with E-state index in [4.69, 9.17) is 4.52 Å². The van der Waals surface area contributed by atoms with Gasteiger partial charge in [0.15, 0.2) is 0 Å². The number of aliphatic carboxylic acids is 1. The Bertz CT molecular complexity index is 1400. The Balaban J connectivity index is 1.42. The molecule has 1 aromatic heterocycles. The van der Waals surface area contributed by atoms with Crippen LogP contribution in [0.1, 0.15) is 42.3 Å². The Labute approximate surface area is 222 Å². The fourth-order valence-electron chi connectivity index (χ4n) is 3.95. The first-order chi connectivity index (χ1) is 18.0. The van der Waals surface area contributed by atoms with E-state index in [1.54, 1.807) is 24.3 Å². The molecular formula is C30H32N4O4. The van der Waals surface area contributed by atoms with Crippen molar-refractivity contribution in [1.82, 2.24) is 15.5 Å². The molecule has 1 atom stereocenters. The standard InChI is InChI=1S/C30H32N4O4/c1-30(2,3)23-14-10-21(11-15-23)27(35)31-25(29(36)37)18-19-6-8-20(9-7-19)26-32-28(38-33-26)22-12-16-24(17-13-22)34(4)5/h6-17,25H,18H2,1-5H3,(H,31,35)(H,36,37)/t25-/m0/s1. The summed E-state index contributed by atoms with van der Waals surface area (Å²) >= 11 is 0. The molecule has 4 aromatic rings. The Morgan fingerprint density at radius 3 is 2.08 bits per heavy atom. The normalized spacial score (nSPS) is 12.1. The summed E-state index contributed by atoms with van der Waals surface area (Å²) in [6, 6.07) is 21.2. The van der Waals surface area contributed by atoms with Gasteiger partial charge < -0.3 is 19.8 Å². The van der Waals surface area contributed by atoms with E-state index in [9.17, 15) is 14.7 Å². The van der Waals surface area contributed by atoms with Crippen molar-refractivity contribution < 1.29 is 19.2 Å². The van der Waals surface area contributed by atoms with Crippen molar-refractivity contribution in [2.75, 3.05) is 19.0 Å². The van der Waals surface area contributed by atoms with Crippen LogP contribution in [0, 0.1) is 0 Å². The van der Waals surface area contributed by atoms with Gasteiger partial charge in [-0.05, 0) is 52.9 Å². The molecule has 0 aliphatic rings. The monoisotopic (exact) mass is 512 g/mol. The van der Waals surface area contributed by atoms with Gasteiger partial charge in [-0.1, -0.05) is 62.3 Å². The van der Waals surface area contributed by atoms with Crippen molar-refractivity contribution in [3.05, 3.63) is 89.5 Å². The van der Waals surface area contributed by atoms with Crippen LogP contribution >= 0.6 is 0 Å². The highest BCUT2D eigenvalue weighted by atomic mass is 16.5. The van der Waals surface area contributed by atoms with Gasteiger partial charge in [-0.15, -0.1) is 0 Å². The Kier molecular flexibility index (Phi) is 7.62. The number of aromatic nitrogens is 2. The molecule has 1 heterocycles. The number of rotatable bonds is 8. The summed E-state index contributed by atoms with van der Waals surface area (Å²) in [6.45, 7) is 6.28. The highest BCUT2D eigenvalue weighted by Gasteiger charge is 2.22. The molecule has 1 amide bonds. The first-order valence-electron chi connectivity index (χ1n) is 12.4. The molecule has 0 bridgehead atoms. The maximum atomic E-state index is 12.7. The average Bonchev–Trinajstić information content (AvgIpc) is 3.38. The Morgan fingerprint density at radius 2 is 1.53 bits per heavy atom. The molecule has 4 rings (SSSR count). The number of anilines is 1. The Hall–Kier alpha value is -4.46. The van der Waals surface area contributed by atoms with Gasteiger partial charge in [0.2, 0.25) is 5.82 Å². The molecule has 3 aromatic carbocycles. The highest BCUT2D eigenvalue weighted by molar-refractivity contribution is 5.96. The zero-order valence-corrected chi connectivity index (χ0v) is 22.2. The maximum absolute atomic E-state index is 12.7. The van der Waals surface area contributed by atoms with E-state index >= 15 is 0 Å². The molecule has 0 saturated carbocycles. The molecule has 0 fully saturated rings. The molecule has 0 aliphatic carbocycles. The lowest BCUT2D eigenvalue weighted by atomic mass is 9.86. The van der Waals surface area contributed by atoms with Crippen LogP contribution in [0.5, 0.6) is 0 Å². The second kappa shape index (κ2) is 10.9. The number of carboxylic acid groups (broad SMARTS) is 1.